The zero-order chi connectivity index (χ0) is 20.4. The molecule has 4 N–H and O–H groups in total. The van der Waals surface area contributed by atoms with Gasteiger partial charge in [0.15, 0.2) is 0 Å². The monoisotopic (exact) mass is 407 g/mol. The molecular formula is C22H18ClN3O3. The van der Waals surface area contributed by atoms with Gasteiger partial charge in [-0.3, -0.25) is 9.59 Å². The second-order valence-corrected chi connectivity index (χ2v) is 7.04. The number of aromatic amines is 1. The molecule has 1 atom stereocenters. The van der Waals surface area contributed by atoms with Crippen molar-refractivity contribution in [2.24, 2.45) is 0 Å². The lowest BCUT2D eigenvalue weighted by Gasteiger charge is -2.18. The van der Waals surface area contributed by atoms with Gasteiger partial charge in [0.1, 0.15) is 0 Å². The fourth-order valence-corrected chi connectivity index (χ4v) is 3.55. The number of aliphatic hydroxyl groups excluding tert-OH is 1. The van der Waals surface area contributed by atoms with Crippen molar-refractivity contribution in [2.45, 2.75) is 6.04 Å². The predicted molar refractivity (Wildman–Crippen MR) is 112 cm³/mol. The topological polar surface area (TPSA) is 94.2 Å². The average molecular weight is 408 g/mol. The summed E-state index contributed by atoms with van der Waals surface area (Å²) in [6.07, 6.45) is 3.51. The van der Waals surface area contributed by atoms with Gasteiger partial charge in [-0.25, -0.2) is 0 Å². The highest BCUT2D eigenvalue weighted by Crippen LogP contribution is 2.34. The molecule has 0 aliphatic carbocycles. The van der Waals surface area contributed by atoms with Crippen LogP contribution in [0, 0.1) is 0 Å². The van der Waals surface area contributed by atoms with Gasteiger partial charge < -0.3 is 20.7 Å². The Bertz CT molecular complexity index is 1110. The molecule has 1 aliphatic heterocycles. The Hall–Kier alpha value is -3.35. The number of hydrogen-bond donors (Lipinski definition) is 4. The van der Waals surface area contributed by atoms with Gasteiger partial charge in [-0.15, -0.1) is 0 Å². The Morgan fingerprint density at radius 1 is 1.17 bits per heavy atom. The van der Waals surface area contributed by atoms with Gasteiger partial charge in [0.25, 0.3) is 11.8 Å². The van der Waals surface area contributed by atoms with Crippen LogP contribution in [0.15, 0.2) is 60.8 Å². The first-order valence-electron chi connectivity index (χ1n) is 9.04. The molecule has 6 nitrogen and oxygen atoms in total. The lowest BCUT2D eigenvalue weighted by atomic mass is 10.0. The number of H-pyrrole nitrogens is 1. The molecule has 146 valence electrons. The van der Waals surface area contributed by atoms with E-state index < -0.39 is 6.04 Å². The standard InChI is InChI=1S/C22H18ClN3O3/c23-18-6-2-1-5-15(18)20(12-27)26-21(28)13-7-8-19-16(10-13)17(22(29)25-19)11-14-4-3-9-24-14/h1-11,20,24,27H,12H2,(H,25,29)(H,26,28)/b17-11-/t20-/m1/s1. The van der Waals surface area contributed by atoms with Gasteiger partial charge in [0.05, 0.1) is 18.2 Å². The number of amides is 2. The van der Waals surface area contributed by atoms with E-state index in [2.05, 4.69) is 15.6 Å². The van der Waals surface area contributed by atoms with Crippen LogP contribution in [0.5, 0.6) is 0 Å². The highest BCUT2D eigenvalue weighted by molar-refractivity contribution is 6.35. The van der Waals surface area contributed by atoms with Gasteiger partial charge >= 0.3 is 0 Å². The van der Waals surface area contributed by atoms with Crippen molar-refractivity contribution in [3.05, 3.63) is 88.2 Å². The molecule has 2 aromatic carbocycles. The normalized spacial score (nSPS) is 15.1. The van der Waals surface area contributed by atoms with E-state index in [1.54, 1.807) is 54.7 Å². The van der Waals surface area contributed by atoms with Crippen molar-refractivity contribution < 1.29 is 14.7 Å². The van der Waals surface area contributed by atoms with Gasteiger partial charge in [-0.05, 0) is 48.0 Å². The molecule has 0 saturated carbocycles. The fourth-order valence-electron chi connectivity index (χ4n) is 3.28. The van der Waals surface area contributed by atoms with E-state index in [0.717, 1.165) is 5.69 Å². The number of anilines is 1. The largest absolute Gasteiger partial charge is 0.394 e. The number of carbonyl (C=O) groups excluding carboxylic acids is 2. The molecule has 2 heterocycles. The first kappa shape index (κ1) is 19.0. The number of nitrogens with one attached hydrogen (secondary N) is 3. The fraction of sp³-hybridized carbons (Fsp3) is 0.0909. The second-order valence-electron chi connectivity index (χ2n) is 6.63. The molecule has 29 heavy (non-hydrogen) atoms. The quantitative estimate of drug-likeness (QED) is 0.486. The number of aliphatic hydroxyl groups is 1. The van der Waals surface area contributed by atoms with E-state index in [4.69, 9.17) is 11.6 Å². The van der Waals surface area contributed by atoms with Crippen molar-refractivity contribution in [3.63, 3.8) is 0 Å². The van der Waals surface area contributed by atoms with Crippen LogP contribution in [0.25, 0.3) is 11.6 Å². The van der Waals surface area contributed by atoms with Crippen LogP contribution in [0.2, 0.25) is 5.02 Å². The number of benzene rings is 2. The second kappa shape index (κ2) is 7.95. The van der Waals surface area contributed by atoms with Crippen LogP contribution in [0.4, 0.5) is 5.69 Å². The molecule has 0 unspecified atom stereocenters. The summed E-state index contributed by atoms with van der Waals surface area (Å²) in [7, 11) is 0. The molecule has 0 spiro atoms. The highest BCUT2D eigenvalue weighted by Gasteiger charge is 2.26. The summed E-state index contributed by atoms with van der Waals surface area (Å²) in [6, 6.07) is 15.1. The molecule has 0 saturated heterocycles. The minimum Gasteiger partial charge on any atom is -0.394 e. The van der Waals surface area contributed by atoms with Crippen LogP contribution in [-0.4, -0.2) is 28.5 Å². The summed E-state index contributed by atoms with van der Waals surface area (Å²) in [5.74, 6) is -0.596. The van der Waals surface area contributed by atoms with Crippen LogP contribution < -0.4 is 10.6 Å². The van der Waals surface area contributed by atoms with Crippen molar-refractivity contribution >= 4 is 40.8 Å². The number of halogens is 1. The maximum atomic E-state index is 12.8. The molecule has 1 aromatic heterocycles. The molecule has 2 amide bonds. The third kappa shape index (κ3) is 3.81. The summed E-state index contributed by atoms with van der Waals surface area (Å²) in [6.45, 7) is -0.293. The molecule has 7 heteroatoms. The maximum Gasteiger partial charge on any atom is 0.256 e. The minimum absolute atomic E-state index is 0.225. The summed E-state index contributed by atoms with van der Waals surface area (Å²) in [5, 5.41) is 15.8. The Morgan fingerprint density at radius 3 is 2.72 bits per heavy atom. The Morgan fingerprint density at radius 2 is 2.00 bits per heavy atom. The van der Waals surface area contributed by atoms with E-state index >= 15 is 0 Å². The van der Waals surface area contributed by atoms with Gasteiger partial charge in [-0.2, -0.15) is 0 Å². The molecule has 3 aromatic rings. The average Bonchev–Trinajstić information content (AvgIpc) is 3.34. The Kier molecular flexibility index (Phi) is 5.20. The minimum atomic E-state index is -0.641. The zero-order valence-electron chi connectivity index (χ0n) is 15.3. The van der Waals surface area contributed by atoms with Crippen LogP contribution in [0.1, 0.15) is 33.2 Å². The Labute approximate surface area is 172 Å². The first-order chi connectivity index (χ1) is 14.1. The van der Waals surface area contributed by atoms with E-state index in [9.17, 15) is 14.7 Å². The van der Waals surface area contributed by atoms with Crippen molar-refractivity contribution in [1.29, 1.82) is 0 Å². The third-order valence-corrected chi connectivity index (χ3v) is 5.10. The SMILES string of the molecule is O=C1Nc2ccc(C(=O)N[C@H](CO)c3ccccc3Cl)cc2/C1=C/c1ccc[nH]1. The lowest BCUT2D eigenvalue weighted by Crippen LogP contribution is -2.31. The van der Waals surface area contributed by atoms with Gasteiger partial charge in [0, 0.05) is 33.7 Å². The van der Waals surface area contributed by atoms with E-state index in [1.165, 1.54) is 0 Å². The smallest absolute Gasteiger partial charge is 0.256 e. The van der Waals surface area contributed by atoms with Crippen molar-refractivity contribution in [1.82, 2.24) is 10.3 Å². The first-order valence-corrected chi connectivity index (χ1v) is 9.41. The lowest BCUT2D eigenvalue weighted by molar-refractivity contribution is -0.110. The van der Waals surface area contributed by atoms with Crippen molar-refractivity contribution in [2.75, 3.05) is 11.9 Å². The summed E-state index contributed by atoms with van der Waals surface area (Å²) >= 11 is 6.19. The number of carbonyl (C=O) groups is 2. The number of rotatable bonds is 5. The summed E-state index contributed by atoms with van der Waals surface area (Å²) in [4.78, 5) is 28.2. The summed E-state index contributed by atoms with van der Waals surface area (Å²) in [5.41, 5.74) is 3.57. The van der Waals surface area contributed by atoms with Crippen LogP contribution in [-0.2, 0) is 4.79 Å². The van der Waals surface area contributed by atoms with Crippen LogP contribution in [0.3, 0.4) is 0 Å². The number of hydrogen-bond acceptors (Lipinski definition) is 3. The predicted octanol–water partition coefficient (Wildman–Crippen LogP) is 3.62. The zero-order valence-corrected chi connectivity index (χ0v) is 16.0. The van der Waals surface area contributed by atoms with Gasteiger partial charge in [0.2, 0.25) is 0 Å². The highest BCUT2D eigenvalue weighted by atomic mass is 35.5. The molecule has 0 radical (unpaired) electrons. The molecular weight excluding hydrogens is 390 g/mol. The molecule has 0 fully saturated rings. The summed E-state index contributed by atoms with van der Waals surface area (Å²) < 4.78 is 0. The van der Waals surface area contributed by atoms with E-state index in [0.29, 0.717) is 33.0 Å². The Balaban J connectivity index is 1.62. The maximum absolute atomic E-state index is 12.8. The third-order valence-electron chi connectivity index (χ3n) is 4.76. The molecule has 4 rings (SSSR count). The number of fused-ring (bicyclic) bond motifs is 1. The van der Waals surface area contributed by atoms with E-state index in [-0.39, 0.29) is 18.4 Å². The van der Waals surface area contributed by atoms with E-state index in [1.807, 2.05) is 12.1 Å². The van der Waals surface area contributed by atoms with Crippen LogP contribution >= 0.6 is 11.6 Å². The number of aromatic nitrogens is 1. The molecule has 0 bridgehead atoms. The van der Waals surface area contributed by atoms with Crippen molar-refractivity contribution in [3.8, 4) is 0 Å². The van der Waals surface area contributed by atoms with Gasteiger partial charge in [-0.1, -0.05) is 29.8 Å². The molecule has 1 aliphatic rings.